The van der Waals surface area contributed by atoms with E-state index in [1.165, 1.54) is 31.2 Å². The van der Waals surface area contributed by atoms with Crippen molar-refractivity contribution < 1.29 is 0 Å². The summed E-state index contributed by atoms with van der Waals surface area (Å²) in [4.78, 5) is 11.2. The van der Waals surface area contributed by atoms with Crippen molar-refractivity contribution in [3.05, 3.63) is 11.9 Å². The maximum Gasteiger partial charge on any atom is 0.137 e. The van der Waals surface area contributed by atoms with Gasteiger partial charge in [0.1, 0.15) is 18.0 Å². The summed E-state index contributed by atoms with van der Waals surface area (Å²) in [5.74, 6) is 2.09. The smallest absolute Gasteiger partial charge is 0.137 e. The molecular formula is C14H24N4. The van der Waals surface area contributed by atoms with Crippen molar-refractivity contribution in [2.45, 2.75) is 51.5 Å². The van der Waals surface area contributed by atoms with E-state index in [9.17, 15) is 0 Å². The van der Waals surface area contributed by atoms with Crippen LogP contribution in [0.25, 0.3) is 0 Å². The molecule has 0 spiro atoms. The Morgan fingerprint density at radius 2 is 2.06 bits per heavy atom. The van der Waals surface area contributed by atoms with Gasteiger partial charge in [-0.05, 0) is 19.3 Å². The molecule has 1 aliphatic carbocycles. The van der Waals surface area contributed by atoms with Gasteiger partial charge < -0.3 is 10.2 Å². The Morgan fingerprint density at radius 1 is 1.33 bits per heavy atom. The number of hydrogen-bond donors (Lipinski definition) is 1. The largest absolute Gasteiger partial charge is 0.373 e. The summed E-state index contributed by atoms with van der Waals surface area (Å²) in [6, 6.07) is 0.653. The minimum absolute atomic E-state index is 0.653. The second kappa shape index (κ2) is 6.03. The molecule has 1 saturated carbocycles. The van der Waals surface area contributed by atoms with Crippen LogP contribution in [0.1, 0.15) is 44.6 Å². The molecule has 4 nitrogen and oxygen atoms in total. The Morgan fingerprint density at radius 3 is 2.67 bits per heavy atom. The lowest BCUT2D eigenvalue weighted by Gasteiger charge is -2.28. The van der Waals surface area contributed by atoms with Crippen LogP contribution in [0.2, 0.25) is 0 Å². The molecule has 18 heavy (non-hydrogen) atoms. The van der Waals surface area contributed by atoms with E-state index < -0.39 is 0 Å². The van der Waals surface area contributed by atoms with E-state index in [2.05, 4.69) is 34.2 Å². The average Bonchev–Trinajstić information content (AvgIpc) is 2.92. The normalized spacial score (nSPS) is 15.9. The molecule has 4 heteroatoms. The standard InChI is InChI=1S/C14H24N4/c1-4-7-12-13(15-2)16-10-17-14(12)18(3)11-8-5-6-9-11/h10-11H,4-9H2,1-3H3,(H,15,16,17). The summed E-state index contributed by atoms with van der Waals surface area (Å²) in [5, 5.41) is 3.19. The molecule has 0 aromatic carbocycles. The van der Waals surface area contributed by atoms with Gasteiger partial charge in [-0.1, -0.05) is 26.2 Å². The summed E-state index contributed by atoms with van der Waals surface area (Å²) in [6.07, 6.45) is 9.11. The van der Waals surface area contributed by atoms with Gasteiger partial charge in [0.2, 0.25) is 0 Å². The first-order valence-corrected chi connectivity index (χ1v) is 7.02. The lowest BCUT2D eigenvalue weighted by Crippen LogP contribution is -2.30. The molecule has 0 atom stereocenters. The molecule has 1 aliphatic rings. The first kappa shape index (κ1) is 13.1. The van der Waals surface area contributed by atoms with Crippen molar-refractivity contribution in [2.75, 3.05) is 24.3 Å². The molecule has 0 aliphatic heterocycles. The van der Waals surface area contributed by atoms with Gasteiger partial charge in [0, 0.05) is 25.7 Å². The summed E-state index contributed by atoms with van der Waals surface area (Å²) in [5.41, 5.74) is 1.26. The third-order valence-corrected chi connectivity index (χ3v) is 3.87. The predicted molar refractivity (Wildman–Crippen MR) is 76.2 cm³/mol. The van der Waals surface area contributed by atoms with Crippen LogP contribution in [-0.4, -0.2) is 30.1 Å². The van der Waals surface area contributed by atoms with E-state index in [0.29, 0.717) is 6.04 Å². The number of anilines is 2. The summed E-state index contributed by atoms with van der Waals surface area (Å²) in [7, 11) is 4.11. The van der Waals surface area contributed by atoms with Gasteiger partial charge in [-0.25, -0.2) is 9.97 Å². The Kier molecular flexibility index (Phi) is 4.39. The highest BCUT2D eigenvalue weighted by Gasteiger charge is 2.23. The Hall–Kier alpha value is -1.32. The molecule has 2 rings (SSSR count). The number of nitrogens with zero attached hydrogens (tertiary/aromatic N) is 3. The molecule has 1 heterocycles. The van der Waals surface area contributed by atoms with Crippen molar-refractivity contribution in [3.8, 4) is 0 Å². The van der Waals surface area contributed by atoms with Crippen molar-refractivity contribution in [2.24, 2.45) is 0 Å². The summed E-state index contributed by atoms with van der Waals surface area (Å²) < 4.78 is 0. The molecule has 1 fully saturated rings. The van der Waals surface area contributed by atoms with Crippen LogP contribution in [0.4, 0.5) is 11.6 Å². The van der Waals surface area contributed by atoms with Gasteiger partial charge in [-0.2, -0.15) is 0 Å². The first-order valence-electron chi connectivity index (χ1n) is 7.02. The van der Waals surface area contributed by atoms with Crippen LogP contribution in [0, 0.1) is 0 Å². The maximum absolute atomic E-state index is 4.53. The van der Waals surface area contributed by atoms with Gasteiger partial charge in [0.05, 0.1) is 0 Å². The summed E-state index contributed by atoms with van der Waals surface area (Å²) >= 11 is 0. The van der Waals surface area contributed by atoms with Gasteiger partial charge in [0.25, 0.3) is 0 Å². The fourth-order valence-corrected chi connectivity index (χ4v) is 2.87. The first-order chi connectivity index (χ1) is 8.77. The van der Waals surface area contributed by atoms with Crippen LogP contribution in [0.3, 0.4) is 0 Å². The quantitative estimate of drug-likeness (QED) is 0.870. The molecule has 0 radical (unpaired) electrons. The SMILES string of the molecule is CCCc1c(NC)ncnc1N(C)C1CCCC1. The zero-order chi connectivity index (χ0) is 13.0. The van der Waals surface area contributed by atoms with E-state index in [1.807, 2.05) is 7.05 Å². The highest BCUT2D eigenvalue weighted by molar-refractivity contribution is 5.58. The van der Waals surface area contributed by atoms with E-state index in [-0.39, 0.29) is 0 Å². The molecule has 0 bridgehead atoms. The van der Waals surface area contributed by atoms with E-state index in [1.54, 1.807) is 6.33 Å². The van der Waals surface area contributed by atoms with Crippen molar-refractivity contribution in [1.82, 2.24) is 9.97 Å². The van der Waals surface area contributed by atoms with Crippen LogP contribution in [0.5, 0.6) is 0 Å². The molecule has 1 N–H and O–H groups in total. The van der Waals surface area contributed by atoms with Crippen LogP contribution in [0.15, 0.2) is 6.33 Å². The van der Waals surface area contributed by atoms with Gasteiger partial charge in [-0.3, -0.25) is 0 Å². The maximum atomic E-state index is 4.53. The van der Waals surface area contributed by atoms with E-state index >= 15 is 0 Å². The van der Waals surface area contributed by atoms with Crippen LogP contribution >= 0.6 is 0 Å². The fraction of sp³-hybridized carbons (Fsp3) is 0.714. The van der Waals surface area contributed by atoms with Crippen molar-refractivity contribution in [3.63, 3.8) is 0 Å². The van der Waals surface area contributed by atoms with Gasteiger partial charge in [-0.15, -0.1) is 0 Å². The second-order valence-electron chi connectivity index (χ2n) is 5.07. The van der Waals surface area contributed by atoms with Crippen LogP contribution < -0.4 is 10.2 Å². The molecule has 100 valence electrons. The average molecular weight is 248 g/mol. The minimum atomic E-state index is 0.653. The zero-order valence-electron chi connectivity index (χ0n) is 11.7. The van der Waals surface area contributed by atoms with E-state index in [0.717, 1.165) is 24.5 Å². The topological polar surface area (TPSA) is 41.1 Å². The molecule has 0 amide bonds. The second-order valence-corrected chi connectivity index (χ2v) is 5.07. The molecule has 0 saturated heterocycles. The Labute approximate surface area is 110 Å². The highest BCUT2D eigenvalue weighted by Crippen LogP contribution is 2.30. The lowest BCUT2D eigenvalue weighted by atomic mass is 10.1. The number of aromatic nitrogens is 2. The number of rotatable bonds is 5. The molecule has 0 unspecified atom stereocenters. The fourth-order valence-electron chi connectivity index (χ4n) is 2.87. The Balaban J connectivity index is 2.29. The minimum Gasteiger partial charge on any atom is -0.373 e. The monoisotopic (exact) mass is 248 g/mol. The number of nitrogens with one attached hydrogen (secondary N) is 1. The molecular weight excluding hydrogens is 224 g/mol. The van der Waals surface area contributed by atoms with Gasteiger partial charge >= 0.3 is 0 Å². The third kappa shape index (κ3) is 2.57. The third-order valence-electron chi connectivity index (χ3n) is 3.87. The van der Waals surface area contributed by atoms with Crippen LogP contribution in [-0.2, 0) is 6.42 Å². The molecule has 1 aromatic rings. The lowest BCUT2D eigenvalue weighted by molar-refractivity contribution is 0.641. The summed E-state index contributed by atoms with van der Waals surface area (Å²) in [6.45, 7) is 2.20. The highest BCUT2D eigenvalue weighted by atomic mass is 15.2. The number of hydrogen-bond acceptors (Lipinski definition) is 4. The molecule has 1 aromatic heterocycles. The predicted octanol–water partition coefficient (Wildman–Crippen LogP) is 2.85. The van der Waals surface area contributed by atoms with Crippen molar-refractivity contribution >= 4 is 11.6 Å². The Bertz CT molecular complexity index is 385. The van der Waals surface area contributed by atoms with E-state index in [4.69, 9.17) is 0 Å². The zero-order valence-corrected chi connectivity index (χ0v) is 11.7. The van der Waals surface area contributed by atoms with Crippen molar-refractivity contribution in [1.29, 1.82) is 0 Å². The van der Waals surface area contributed by atoms with Gasteiger partial charge in [0.15, 0.2) is 0 Å².